The molecule has 2 atom stereocenters. The summed E-state index contributed by atoms with van der Waals surface area (Å²) in [6.45, 7) is 4.09. The normalized spacial score (nSPS) is 16.9. The quantitative estimate of drug-likeness (QED) is 0.462. The molecule has 178 valence electrons. The lowest BCUT2D eigenvalue weighted by atomic mass is 9.98. The lowest BCUT2D eigenvalue weighted by molar-refractivity contribution is -0.130. The van der Waals surface area contributed by atoms with Crippen molar-refractivity contribution in [2.45, 2.75) is 31.7 Å². The molecule has 0 bridgehead atoms. The second kappa shape index (κ2) is 10.4. The van der Waals surface area contributed by atoms with Gasteiger partial charge < -0.3 is 24.3 Å². The highest BCUT2D eigenvalue weighted by atomic mass is 35.5. The van der Waals surface area contributed by atoms with Crippen LogP contribution in [0.3, 0.4) is 0 Å². The minimum atomic E-state index is -0.850. The number of hydrogen-bond acceptors (Lipinski definition) is 7. The summed E-state index contributed by atoms with van der Waals surface area (Å²) in [5.41, 5.74) is 1.07. The molecule has 0 saturated carbocycles. The van der Waals surface area contributed by atoms with Crippen molar-refractivity contribution in [3.05, 3.63) is 76.2 Å². The summed E-state index contributed by atoms with van der Waals surface area (Å²) in [5, 5.41) is 21.3. The smallest absolute Gasteiger partial charge is 0.261 e. The summed E-state index contributed by atoms with van der Waals surface area (Å²) in [6.07, 6.45) is -1.22. The van der Waals surface area contributed by atoms with Crippen molar-refractivity contribution in [3.8, 4) is 11.5 Å². The summed E-state index contributed by atoms with van der Waals surface area (Å²) in [7, 11) is 0. The van der Waals surface area contributed by atoms with E-state index in [1.807, 2.05) is 0 Å². The zero-order valence-electron chi connectivity index (χ0n) is 17.8. The lowest BCUT2D eigenvalue weighted by Gasteiger charge is -2.28. The summed E-state index contributed by atoms with van der Waals surface area (Å²) in [5.74, 6) is 0.118. The molecule has 0 spiro atoms. The Morgan fingerprint density at radius 3 is 2.88 bits per heavy atom. The van der Waals surface area contributed by atoms with E-state index in [1.165, 1.54) is 12.1 Å². The highest BCUT2D eigenvalue weighted by Gasteiger charge is 2.31. The Labute approximate surface area is 204 Å². The van der Waals surface area contributed by atoms with Gasteiger partial charge in [0, 0.05) is 35.2 Å². The molecule has 1 aromatic heterocycles. The Morgan fingerprint density at radius 2 is 2.09 bits per heavy atom. The van der Waals surface area contributed by atoms with Gasteiger partial charge >= 0.3 is 0 Å². The lowest BCUT2D eigenvalue weighted by Crippen LogP contribution is -2.41. The molecule has 2 heterocycles. The molecule has 0 aliphatic carbocycles. The van der Waals surface area contributed by atoms with Crippen molar-refractivity contribution in [2.24, 2.45) is 0 Å². The molecule has 8 nitrogen and oxygen atoms in total. The molecule has 1 amide bonds. The summed E-state index contributed by atoms with van der Waals surface area (Å²) in [4.78, 5) is 12.5. The molecular formula is C23H20Cl2FN3O5. The van der Waals surface area contributed by atoms with E-state index in [1.54, 1.807) is 18.2 Å². The molecule has 1 aliphatic heterocycles. The van der Waals surface area contributed by atoms with Gasteiger partial charge in [0.15, 0.2) is 12.7 Å². The molecule has 1 aliphatic rings. The zero-order valence-corrected chi connectivity index (χ0v) is 19.3. The van der Waals surface area contributed by atoms with Gasteiger partial charge in [0.25, 0.3) is 11.8 Å². The predicted octanol–water partition coefficient (Wildman–Crippen LogP) is 4.50. The van der Waals surface area contributed by atoms with E-state index < -0.39 is 18.0 Å². The van der Waals surface area contributed by atoms with Gasteiger partial charge in [-0.05, 0) is 36.8 Å². The molecule has 11 heteroatoms. The van der Waals surface area contributed by atoms with Gasteiger partial charge in [-0.3, -0.25) is 4.79 Å². The van der Waals surface area contributed by atoms with Gasteiger partial charge in [-0.2, -0.15) is 0 Å². The number of carbonyl (C=O) groups excluding carboxylic acids is 1. The third-order valence-corrected chi connectivity index (χ3v) is 5.62. The van der Waals surface area contributed by atoms with Crippen LogP contribution in [0.2, 0.25) is 10.0 Å². The number of aromatic nitrogens is 2. The highest BCUT2D eigenvalue weighted by Crippen LogP contribution is 2.36. The second-order valence-corrected chi connectivity index (χ2v) is 8.39. The first-order valence-corrected chi connectivity index (χ1v) is 11.1. The first-order chi connectivity index (χ1) is 16.3. The maximum atomic E-state index is 13.5. The van der Waals surface area contributed by atoms with Crippen LogP contribution in [0.25, 0.3) is 5.57 Å². The zero-order chi connectivity index (χ0) is 24.2. The summed E-state index contributed by atoms with van der Waals surface area (Å²) >= 11 is 11.6. The standard InChI is InChI=1S/C23H20Cl2FN3O5/c1-12(23-29-28-21(34-23)11-32-14-3-4-16(25)17(26)9-14)6-7-27-22(31)20-10-18(30)15-8-13(24)2-5-19(15)33-20/h2-5,8-9,18,20,30H,1,6-7,10-11H2,(H,27,31)/t18-,20-/m1/s1. The second-order valence-electron chi connectivity index (χ2n) is 7.55. The van der Waals surface area contributed by atoms with Gasteiger partial charge in [0.2, 0.25) is 5.89 Å². The van der Waals surface area contributed by atoms with E-state index in [0.29, 0.717) is 28.3 Å². The summed E-state index contributed by atoms with van der Waals surface area (Å²) < 4.78 is 30.1. The van der Waals surface area contributed by atoms with Crippen LogP contribution >= 0.6 is 23.2 Å². The minimum Gasteiger partial charge on any atom is -0.484 e. The monoisotopic (exact) mass is 507 g/mol. The molecule has 3 aromatic rings. The van der Waals surface area contributed by atoms with Crippen molar-refractivity contribution in [1.82, 2.24) is 15.5 Å². The van der Waals surface area contributed by atoms with Gasteiger partial charge in [0.05, 0.1) is 11.1 Å². The van der Waals surface area contributed by atoms with Crippen LogP contribution in [0.15, 0.2) is 47.4 Å². The SMILES string of the molecule is C=C(CCNC(=O)[C@H]1C[C@@H](O)c2cc(Cl)ccc2O1)c1nnc(COc2ccc(Cl)c(F)c2)o1. The average molecular weight is 508 g/mol. The first-order valence-electron chi connectivity index (χ1n) is 10.3. The van der Waals surface area contributed by atoms with Crippen LogP contribution in [0.4, 0.5) is 4.39 Å². The third kappa shape index (κ3) is 5.67. The van der Waals surface area contributed by atoms with Gasteiger partial charge in [0.1, 0.15) is 17.3 Å². The van der Waals surface area contributed by atoms with Gasteiger partial charge in [-0.25, -0.2) is 4.39 Å². The Hall–Kier alpha value is -3.14. The van der Waals surface area contributed by atoms with Crippen molar-refractivity contribution in [3.63, 3.8) is 0 Å². The van der Waals surface area contributed by atoms with Crippen LogP contribution in [0.5, 0.6) is 11.5 Å². The number of ether oxygens (including phenoxy) is 2. The van der Waals surface area contributed by atoms with Crippen molar-refractivity contribution >= 4 is 34.7 Å². The number of halogens is 3. The maximum Gasteiger partial charge on any atom is 0.261 e. The number of nitrogens with zero attached hydrogens (tertiary/aromatic N) is 2. The number of benzene rings is 2. The Balaban J connectivity index is 1.24. The first kappa shape index (κ1) is 24.0. The van der Waals surface area contributed by atoms with Crippen LogP contribution in [-0.4, -0.2) is 33.9 Å². The summed E-state index contributed by atoms with van der Waals surface area (Å²) in [6, 6.07) is 8.94. The Bertz CT molecular complexity index is 1220. The molecular weight excluding hydrogens is 488 g/mol. The fraction of sp³-hybridized carbons (Fsp3) is 0.261. The number of hydrogen-bond donors (Lipinski definition) is 2. The van der Waals surface area contributed by atoms with Crippen LogP contribution in [0, 0.1) is 5.82 Å². The molecule has 0 fully saturated rings. The van der Waals surface area contributed by atoms with Crippen molar-refractivity contribution in [2.75, 3.05) is 6.54 Å². The largest absolute Gasteiger partial charge is 0.484 e. The Morgan fingerprint density at radius 1 is 1.26 bits per heavy atom. The predicted molar refractivity (Wildman–Crippen MR) is 122 cm³/mol. The molecule has 0 radical (unpaired) electrons. The van der Waals surface area contributed by atoms with E-state index in [4.69, 9.17) is 37.1 Å². The van der Waals surface area contributed by atoms with Crippen LogP contribution in [0.1, 0.15) is 36.3 Å². The molecule has 0 saturated heterocycles. The van der Waals surface area contributed by atoms with E-state index in [2.05, 4.69) is 22.1 Å². The Kier molecular flexibility index (Phi) is 7.35. The molecule has 0 unspecified atom stereocenters. The van der Waals surface area contributed by atoms with E-state index in [-0.39, 0.29) is 48.0 Å². The number of amides is 1. The minimum absolute atomic E-state index is 0.00299. The number of carbonyl (C=O) groups is 1. The molecule has 4 rings (SSSR count). The fourth-order valence-electron chi connectivity index (χ4n) is 3.30. The van der Waals surface area contributed by atoms with Gasteiger partial charge in [-0.1, -0.05) is 29.8 Å². The number of aliphatic hydroxyl groups is 1. The van der Waals surface area contributed by atoms with E-state index in [0.717, 1.165) is 6.07 Å². The van der Waals surface area contributed by atoms with Crippen molar-refractivity contribution in [1.29, 1.82) is 0 Å². The maximum absolute atomic E-state index is 13.5. The number of nitrogens with one attached hydrogen (secondary N) is 1. The van der Waals surface area contributed by atoms with E-state index in [9.17, 15) is 14.3 Å². The van der Waals surface area contributed by atoms with Crippen molar-refractivity contribution < 1.29 is 28.2 Å². The molecule has 2 aromatic carbocycles. The fourth-order valence-corrected chi connectivity index (χ4v) is 3.60. The average Bonchev–Trinajstić information content (AvgIpc) is 3.29. The molecule has 2 N–H and O–H groups in total. The third-order valence-electron chi connectivity index (χ3n) is 5.08. The van der Waals surface area contributed by atoms with Gasteiger partial charge in [-0.15, -0.1) is 10.2 Å². The molecule has 34 heavy (non-hydrogen) atoms. The number of aliphatic hydroxyl groups excluding tert-OH is 1. The van der Waals surface area contributed by atoms with E-state index >= 15 is 0 Å². The van der Waals surface area contributed by atoms with Crippen LogP contribution < -0.4 is 14.8 Å². The number of rotatable bonds is 8. The van der Waals surface area contributed by atoms with Crippen LogP contribution in [-0.2, 0) is 11.4 Å². The topological polar surface area (TPSA) is 107 Å². The number of fused-ring (bicyclic) bond motifs is 1. The highest BCUT2D eigenvalue weighted by molar-refractivity contribution is 6.31.